The van der Waals surface area contributed by atoms with Crippen LogP contribution in [0.5, 0.6) is 0 Å². The van der Waals surface area contributed by atoms with Crippen molar-refractivity contribution in [2.75, 3.05) is 0 Å². The average Bonchev–Trinajstić information content (AvgIpc) is 2.81. The Balaban J connectivity index is 2.03. The lowest BCUT2D eigenvalue weighted by atomic mass is 9.87. The van der Waals surface area contributed by atoms with Gasteiger partial charge in [0.2, 0.25) is 0 Å². The molecular weight excluding hydrogens is 248 g/mol. The number of carbonyl (C=O) groups is 1. The molecule has 0 saturated heterocycles. The summed E-state index contributed by atoms with van der Waals surface area (Å²) in [5.74, 6) is -0.157. The van der Waals surface area contributed by atoms with E-state index in [0.717, 1.165) is 18.6 Å². The maximum absolute atomic E-state index is 12.0. The molecule has 0 spiro atoms. The van der Waals surface area contributed by atoms with Crippen LogP contribution in [0, 0.1) is 0 Å². The molecule has 2 rings (SSSR count). The van der Waals surface area contributed by atoms with Crippen LogP contribution in [0.15, 0.2) is 41.0 Å². The molecule has 0 radical (unpaired) electrons. The van der Waals surface area contributed by atoms with E-state index in [9.17, 15) is 4.79 Å². The second-order valence-electron chi connectivity index (χ2n) is 6.36. The monoisotopic (exact) mass is 270 g/mol. The van der Waals surface area contributed by atoms with E-state index in [2.05, 4.69) is 38.2 Å². The maximum Gasteiger partial charge on any atom is 0.271 e. The Morgan fingerprint density at radius 1 is 1.15 bits per heavy atom. The summed E-state index contributed by atoms with van der Waals surface area (Å²) in [7, 11) is 0. The van der Waals surface area contributed by atoms with Gasteiger partial charge in [0.25, 0.3) is 5.91 Å². The second kappa shape index (κ2) is 5.61. The standard InChI is InChI=1S/C17H22N2O/c1-12-5-10-15(11-12)18-19-16(20)13-6-8-14(9-7-13)17(2,3)4/h6-9,11H,5,10H2,1-4H3,(H,19,20). The lowest BCUT2D eigenvalue weighted by molar-refractivity contribution is 0.0954. The minimum Gasteiger partial charge on any atom is -0.267 e. The highest BCUT2D eigenvalue weighted by Crippen LogP contribution is 2.22. The maximum atomic E-state index is 12.0. The number of amides is 1. The van der Waals surface area contributed by atoms with Gasteiger partial charge in [-0.15, -0.1) is 0 Å². The first kappa shape index (κ1) is 14.5. The van der Waals surface area contributed by atoms with Crippen molar-refractivity contribution in [3.8, 4) is 0 Å². The van der Waals surface area contributed by atoms with E-state index in [4.69, 9.17) is 0 Å². The van der Waals surface area contributed by atoms with Crippen LogP contribution in [0.2, 0.25) is 0 Å². The van der Waals surface area contributed by atoms with Gasteiger partial charge in [0, 0.05) is 5.56 Å². The molecule has 20 heavy (non-hydrogen) atoms. The summed E-state index contributed by atoms with van der Waals surface area (Å²) in [6.45, 7) is 8.55. The molecule has 1 aromatic carbocycles. The Labute approximate surface area is 120 Å². The van der Waals surface area contributed by atoms with Crippen molar-refractivity contribution in [3.05, 3.63) is 47.0 Å². The molecule has 0 aromatic heterocycles. The van der Waals surface area contributed by atoms with Crippen molar-refractivity contribution in [3.63, 3.8) is 0 Å². The van der Waals surface area contributed by atoms with E-state index in [1.165, 1.54) is 11.1 Å². The van der Waals surface area contributed by atoms with E-state index in [1.807, 2.05) is 30.3 Å². The Morgan fingerprint density at radius 2 is 1.80 bits per heavy atom. The van der Waals surface area contributed by atoms with E-state index in [1.54, 1.807) is 0 Å². The Morgan fingerprint density at radius 3 is 2.30 bits per heavy atom. The molecule has 0 atom stereocenters. The molecule has 3 heteroatoms. The molecule has 106 valence electrons. The van der Waals surface area contributed by atoms with Gasteiger partial charge in [0.15, 0.2) is 0 Å². The SMILES string of the molecule is CC1=CC(=NNC(=O)c2ccc(C(C)(C)C)cc2)CC1. The fraction of sp³-hybridized carbons (Fsp3) is 0.412. The summed E-state index contributed by atoms with van der Waals surface area (Å²) in [6, 6.07) is 7.71. The van der Waals surface area contributed by atoms with E-state index in [-0.39, 0.29) is 11.3 Å². The Kier molecular flexibility index (Phi) is 4.07. The molecule has 0 fully saturated rings. The first-order valence-corrected chi connectivity index (χ1v) is 7.01. The lowest BCUT2D eigenvalue weighted by Gasteiger charge is -2.18. The van der Waals surface area contributed by atoms with Crippen molar-refractivity contribution in [1.82, 2.24) is 5.43 Å². The topological polar surface area (TPSA) is 41.5 Å². The number of hydrazone groups is 1. The highest BCUT2D eigenvalue weighted by Gasteiger charge is 2.14. The van der Waals surface area contributed by atoms with Crippen LogP contribution in [-0.4, -0.2) is 11.6 Å². The van der Waals surface area contributed by atoms with E-state index in [0.29, 0.717) is 5.56 Å². The third kappa shape index (κ3) is 3.56. The summed E-state index contributed by atoms with van der Waals surface area (Å²) in [6.07, 6.45) is 3.98. The Hall–Kier alpha value is -1.90. The smallest absolute Gasteiger partial charge is 0.267 e. The molecule has 1 aliphatic rings. The van der Waals surface area contributed by atoms with Crippen molar-refractivity contribution in [1.29, 1.82) is 0 Å². The highest BCUT2D eigenvalue weighted by molar-refractivity contribution is 6.00. The quantitative estimate of drug-likeness (QED) is 0.816. The summed E-state index contributed by atoms with van der Waals surface area (Å²) in [5.41, 5.74) is 6.84. The number of allylic oxidation sites excluding steroid dienone is 2. The van der Waals surface area contributed by atoms with Gasteiger partial charge in [-0.05, 0) is 49.0 Å². The van der Waals surface area contributed by atoms with Crippen LogP contribution in [0.1, 0.15) is 56.5 Å². The number of nitrogens with one attached hydrogen (secondary N) is 1. The predicted molar refractivity (Wildman–Crippen MR) is 83.0 cm³/mol. The molecule has 1 N–H and O–H groups in total. The summed E-state index contributed by atoms with van der Waals surface area (Å²) in [5, 5.41) is 4.16. The number of carbonyl (C=O) groups excluding carboxylic acids is 1. The molecule has 1 aliphatic carbocycles. The first-order chi connectivity index (χ1) is 9.36. The van der Waals surface area contributed by atoms with E-state index < -0.39 is 0 Å². The summed E-state index contributed by atoms with van der Waals surface area (Å²) in [4.78, 5) is 12.0. The zero-order valence-corrected chi connectivity index (χ0v) is 12.7. The summed E-state index contributed by atoms with van der Waals surface area (Å²) >= 11 is 0. The normalized spacial score (nSPS) is 17.2. The largest absolute Gasteiger partial charge is 0.271 e. The van der Waals surface area contributed by atoms with Gasteiger partial charge in [-0.2, -0.15) is 5.10 Å². The third-order valence-corrected chi connectivity index (χ3v) is 3.50. The van der Waals surface area contributed by atoms with Crippen molar-refractivity contribution in [2.45, 2.75) is 46.0 Å². The van der Waals surface area contributed by atoms with Crippen LogP contribution in [0.4, 0.5) is 0 Å². The minimum atomic E-state index is -0.157. The average molecular weight is 270 g/mol. The minimum absolute atomic E-state index is 0.0986. The fourth-order valence-electron chi connectivity index (χ4n) is 2.15. The molecule has 3 nitrogen and oxygen atoms in total. The molecule has 1 aromatic rings. The predicted octanol–water partition coefficient (Wildman–Crippen LogP) is 3.81. The highest BCUT2D eigenvalue weighted by atomic mass is 16.2. The van der Waals surface area contributed by atoms with Crippen molar-refractivity contribution >= 4 is 11.6 Å². The third-order valence-electron chi connectivity index (χ3n) is 3.50. The molecule has 0 saturated carbocycles. The Bertz CT molecular complexity index is 560. The van der Waals surface area contributed by atoms with Gasteiger partial charge < -0.3 is 0 Å². The van der Waals surface area contributed by atoms with Crippen LogP contribution in [0.3, 0.4) is 0 Å². The van der Waals surface area contributed by atoms with Gasteiger partial charge in [-0.3, -0.25) is 4.79 Å². The van der Waals surface area contributed by atoms with Gasteiger partial charge in [-0.25, -0.2) is 5.43 Å². The number of nitrogens with zero attached hydrogens (tertiary/aromatic N) is 1. The fourth-order valence-corrected chi connectivity index (χ4v) is 2.15. The molecular formula is C17H22N2O. The van der Waals surface area contributed by atoms with Gasteiger partial charge in [0.1, 0.15) is 0 Å². The number of benzene rings is 1. The zero-order chi connectivity index (χ0) is 14.8. The van der Waals surface area contributed by atoms with Gasteiger partial charge in [0.05, 0.1) is 5.71 Å². The number of hydrogen-bond acceptors (Lipinski definition) is 2. The van der Waals surface area contributed by atoms with Crippen LogP contribution in [0.25, 0.3) is 0 Å². The lowest BCUT2D eigenvalue weighted by Crippen LogP contribution is -2.19. The zero-order valence-electron chi connectivity index (χ0n) is 12.7. The second-order valence-corrected chi connectivity index (χ2v) is 6.36. The van der Waals surface area contributed by atoms with Gasteiger partial charge in [-0.1, -0.05) is 38.5 Å². The first-order valence-electron chi connectivity index (χ1n) is 7.01. The molecule has 0 heterocycles. The van der Waals surface area contributed by atoms with Crippen molar-refractivity contribution < 1.29 is 4.79 Å². The molecule has 0 unspecified atom stereocenters. The van der Waals surface area contributed by atoms with Crippen LogP contribution >= 0.6 is 0 Å². The van der Waals surface area contributed by atoms with E-state index >= 15 is 0 Å². The molecule has 0 bridgehead atoms. The van der Waals surface area contributed by atoms with Gasteiger partial charge >= 0.3 is 0 Å². The van der Waals surface area contributed by atoms with Crippen LogP contribution < -0.4 is 5.43 Å². The molecule has 1 amide bonds. The van der Waals surface area contributed by atoms with Crippen LogP contribution in [-0.2, 0) is 5.41 Å². The summed E-state index contributed by atoms with van der Waals surface area (Å²) < 4.78 is 0. The molecule has 0 aliphatic heterocycles. The number of hydrogen-bond donors (Lipinski definition) is 1. The van der Waals surface area contributed by atoms with Crippen molar-refractivity contribution in [2.24, 2.45) is 5.10 Å². The number of rotatable bonds is 2.